The molecule has 1 heterocycles. The standard InChI is InChI=1S/C21H29NO3/c1-4-5-6-7-16(2)21(25)12-14-22(15-13-21)17(3)20(24)18-8-10-19(23)11-9-18/h4-11,17,20,23-25H,1,12-15H2,2-3H3/b6-5-,16-7+/t17-,20+/m0/s1. The predicted molar refractivity (Wildman–Crippen MR) is 101 cm³/mol. The van der Waals surface area contributed by atoms with E-state index in [1.807, 2.05) is 32.1 Å². The summed E-state index contributed by atoms with van der Waals surface area (Å²) in [5.74, 6) is 0.194. The average Bonchev–Trinajstić information content (AvgIpc) is 2.62. The Morgan fingerprint density at radius 3 is 2.36 bits per heavy atom. The molecular weight excluding hydrogens is 314 g/mol. The summed E-state index contributed by atoms with van der Waals surface area (Å²) in [6, 6.07) is 6.61. The van der Waals surface area contributed by atoms with Crippen LogP contribution in [0.15, 0.2) is 60.7 Å². The average molecular weight is 343 g/mol. The molecule has 4 heteroatoms. The van der Waals surface area contributed by atoms with Crippen LogP contribution in [0.3, 0.4) is 0 Å². The highest BCUT2D eigenvalue weighted by Crippen LogP contribution is 2.32. The summed E-state index contributed by atoms with van der Waals surface area (Å²) in [5, 5.41) is 30.9. The number of hydrogen-bond donors (Lipinski definition) is 3. The van der Waals surface area contributed by atoms with Crippen LogP contribution in [0.25, 0.3) is 0 Å². The summed E-state index contributed by atoms with van der Waals surface area (Å²) in [6.07, 6.45) is 8.05. The van der Waals surface area contributed by atoms with E-state index < -0.39 is 11.7 Å². The van der Waals surface area contributed by atoms with Crippen LogP contribution in [0.2, 0.25) is 0 Å². The molecule has 1 aromatic rings. The van der Waals surface area contributed by atoms with Gasteiger partial charge in [0.1, 0.15) is 5.75 Å². The highest BCUT2D eigenvalue weighted by molar-refractivity contribution is 5.28. The maximum Gasteiger partial charge on any atom is 0.115 e. The van der Waals surface area contributed by atoms with E-state index in [0.717, 1.165) is 24.2 Å². The molecule has 0 aliphatic carbocycles. The van der Waals surface area contributed by atoms with E-state index in [4.69, 9.17) is 0 Å². The van der Waals surface area contributed by atoms with Gasteiger partial charge in [0.15, 0.2) is 0 Å². The molecule has 0 spiro atoms. The Kier molecular flexibility index (Phi) is 6.59. The molecule has 1 saturated heterocycles. The fraction of sp³-hybridized carbons (Fsp3) is 0.429. The molecule has 1 aliphatic heterocycles. The summed E-state index contributed by atoms with van der Waals surface area (Å²) < 4.78 is 0. The molecular formula is C21H29NO3. The van der Waals surface area contributed by atoms with Gasteiger partial charge in [0, 0.05) is 19.1 Å². The predicted octanol–water partition coefficient (Wildman–Crippen LogP) is 3.33. The molecule has 3 N–H and O–H groups in total. The summed E-state index contributed by atoms with van der Waals surface area (Å²) in [7, 11) is 0. The Morgan fingerprint density at radius 2 is 1.80 bits per heavy atom. The molecule has 0 bridgehead atoms. The van der Waals surface area contributed by atoms with Crippen LogP contribution in [0.5, 0.6) is 5.75 Å². The van der Waals surface area contributed by atoms with Gasteiger partial charge >= 0.3 is 0 Å². The zero-order valence-corrected chi connectivity index (χ0v) is 15.1. The summed E-state index contributed by atoms with van der Waals surface area (Å²) in [4.78, 5) is 2.21. The lowest BCUT2D eigenvalue weighted by atomic mass is 9.83. The van der Waals surface area contributed by atoms with Gasteiger partial charge in [-0.1, -0.05) is 43.0 Å². The number of phenols is 1. The number of benzene rings is 1. The van der Waals surface area contributed by atoms with Gasteiger partial charge in [0.25, 0.3) is 0 Å². The molecule has 0 aromatic heterocycles. The highest BCUT2D eigenvalue weighted by Gasteiger charge is 2.36. The number of nitrogens with zero attached hydrogens (tertiary/aromatic N) is 1. The van der Waals surface area contributed by atoms with E-state index in [1.165, 1.54) is 0 Å². The Bertz CT molecular complexity index is 625. The Labute approximate surface area is 150 Å². The van der Waals surface area contributed by atoms with Crippen molar-refractivity contribution < 1.29 is 15.3 Å². The molecule has 2 rings (SSSR count). The number of aliphatic hydroxyl groups excluding tert-OH is 1. The fourth-order valence-electron chi connectivity index (χ4n) is 3.28. The summed E-state index contributed by atoms with van der Waals surface area (Å²) in [6.45, 7) is 9.04. The van der Waals surface area contributed by atoms with Crippen molar-refractivity contribution in [3.05, 3.63) is 66.3 Å². The van der Waals surface area contributed by atoms with Crippen molar-refractivity contribution in [1.82, 2.24) is 4.90 Å². The van der Waals surface area contributed by atoms with Crippen molar-refractivity contribution >= 4 is 0 Å². The van der Waals surface area contributed by atoms with E-state index in [2.05, 4.69) is 11.5 Å². The Morgan fingerprint density at radius 1 is 1.20 bits per heavy atom. The molecule has 0 radical (unpaired) electrons. The third-order valence-corrected chi connectivity index (χ3v) is 5.22. The zero-order valence-electron chi connectivity index (χ0n) is 15.1. The number of likely N-dealkylation sites (tertiary alicyclic amines) is 1. The highest BCUT2D eigenvalue weighted by atomic mass is 16.3. The number of aliphatic hydroxyl groups is 2. The Balaban J connectivity index is 1.98. The topological polar surface area (TPSA) is 63.9 Å². The molecule has 4 nitrogen and oxygen atoms in total. The maximum absolute atomic E-state index is 10.9. The van der Waals surface area contributed by atoms with Crippen molar-refractivity contribution in [3.63, 3.8) is 0 Å². The number of phenolic OH excluding ortho intramolecular Hbond substituents is 1. The maximum atomic E-state index is 10.9. The van der Waals surface area contributed by atoms with Gasteiger partial charge in [0.2, 0.25) is 0 Å². The van der Waals surface area contributed by atoms with Crippen LogP contribution in [-0.2, 0) is 0 Å². The number of rotatable bonds is 6. The van der Waals surface area contributed by atoms with E-state index in [0.29, 0.717) is 12.8 Å². The first-order valence-electron chi connectivity index (χ1n) is 8.77. The summed E-state index contributed by atoms with van der Waals surface area (Å²) in [5.41, 5.74) is 0.958. The second-order valence-corrected chi connectivity index (χ2v) is 6.81. The van der Waals surface area contributed by atoms with Crippen molar-refractivity contribution in [2.75, 3.05) is 13.1 Å². The molecule has 0 saturated carbocycles. The first kappa shape index (κ1) is 19.4. The molecule has 1 aliphatic rings. The van der Waals surface area contributed by atoms with Gasteiger partial charge in [-0.2, -0.15) is 0 Å². The number of hydrogen-bond acceptors (Lipinski definition) is 4. The number of allylic oxidation sites excluding steroid dienone is 4. The van der Waals surface area contributed by atoms with E-state index in [1.54, 1.807) is 30.3 Å². The molecule has 0 amide bonds. The minimum Gasteiger partial charge on any atom is -0.508 e. The molecule has 2 atom stereocenters. The van der Waals surface area contributed by atoms with E-state index in [-0.39, 0.29) is 11.8 Å². The van der Waals surface area contributed by atoms with Crippen LogP contribution >= 0.6 is 0 Å². The van der Waals surface area contributed by atoms with Gasteiger partial charge in [-0.3, -0.25) is 4.90 Å². The van der Waals surface area contributed by atoms with Gasteiger partial charge in [-0.25, -0.2) is 0 Å². The molecule has 1 fully saturated rings. The number of aromatic hydroxyl groups is 1. The SMILES string of the molecule is C=C/C=C\C=C(/C)C1(O)CCN([C@@H](C)[C@@H](O)c2ccc(O)cc2)CC1. The lowest BCUT2D eigenvalue weighted by Crippen LogP contribution is -2.49. The first-order chi connectivity index (χ1) is 11.9. The van der Waals surface area contributed by atoms with Crippen LogP contribution in [0.4, 0.5) is 0 Å². The van der Waals surface area contributed by atoms with Crippen LogP contribution in [0.1, 0.15) is 38.4 Å². The molecule has 136 valence electrons. The van der Waals surface area contributed by atoms with E-state index >= 15 is 0 Å². The van der Waals surface area contributed by atoms with Gasteiger partial charge in [-0.05, 0) is 50.0 Å². The van der Waals surface area contributed by atoms with Crippen molar-refractivity contribution in [2.45, 2.75) is 44.4 Å². The summed E-state index contributed by atoms with van der Waals surface area (Å²) >= 11 is 0. The minimum atomic E-state index is -0.786. The second-order valence-electron chi connectivity index (χ2n) is 6.81. The van der Waals surface area contributed by atoms with Gasteiger partial charge < -0.3 is 15.3 Å². The van der Waals surface area contributed by atoms with Gasteiger partial charge in [0.05, 0.1) is 11.7 Å². The van der Waals surface area contributed by atoms with Crippen molar-refractivity contribution in [3.8, 4) is 5.75 Å². The smallest absolute Gasteiger partial charge is 0.115 e. The third-order valence-electron chi connectivity index (χ3n) is 5.22. The van der Waals surface area contributed by atoms with E-state index in [9.17, 15) is 15.3 Å². The lowest BCUT2D eigenvalue weighted by Gasteiger charge is -2.42. The van der Waals surface area contributed by atoms with Crippen molar-refractivity contribution in [1.29, 1.82) is 0 Å². The largest absolute Gasteiger partial charge is 0.508 e. The fourth-order valence-corrected chi connectivity index (χ4v) is 3.28. The van der Waals surface area contributed by atoms with Crippen LogP contribution < -0.4 is 0 Å². The number of piperidine rings is 1. The second kappa shape index (κ2) is 8.48. The quantitative estimate of drug-likeness (QED) is 0.693. The van der Waals surface area contributed by atoms with Gasteiger partial charge in [-0.15, -0.1) is 0 Å². The van der Waals surface area contributed by atoms with Crippen molar-refractivity contribution in [2.24, 2.45) is 0 Å². The molecule has 1 aromatic carbocycles. The third kappa shape index (κ3) is 4.82. The minimum absolute atomic E-state index is 0.0564. The van der Waals surface area contributed by atoms with Crippen LogP contribution in [0, 0.1) is 0 Å². The normalized spacial score (nSPS) is 21.2. The molecule has 0 unspecified atom stereocenters. The lowest BCUT2D eigenvalue weighted by molar-refractivity contribution is -0.0247. The first-order valence-corrected chi connectivity index (χ1v) is 8.77. The monoisotopic (exact) mass is 343 g/mol. The molecule has 25 heavy (non-hydrogen) atoms. The Hall–Kier alpha value is -1.88. The zero-order chi connectivity index (χ0) is 18.4. The van der Waals surface area contributed by atoms with Crippen LogP contribution in [-0.4, -0.2) is 45.0 Å².